The zero-order valence-electron chi connectivity index (χ0n) is 15.4. The topological polar surface area (TPSA) is 45.9 Å². The Bertz CT molecular complexity index is 1180. The van der Waals surface area contributed by atoms with Crippen LogP contribution in [0.2, 0.25) is 0 Å². The fraction of sp³-hybridized carbons (Fsp3) is 0.0833. The fourth-order valence-electron chi connectivity index (χ4n) is 3.09. The molecule has 0 spiro atoms. The van der Waals surface area contributed by atoms with Crippen molar-refractivity contribution in [3.05, 3.63) is 82.7 Å². The molecule has 3 aromatic carbocycles. The van der Waals surface area contributed by atoms with Gasteiger partial charge in [-0.3, -0.25) is 0 Å². The maximum atomic E-state index is 9.72. The van der Waals surface area contributed by atoms with Crippen LogP contribution in [0.4, 0.5) is 0 Å². The van der Waals surface area contributed by atoms with Crippen molar-refractivity contribution in [1.29, 1.82) is 5.26 Å². The van der Waals surface area contributed by atoms with Gasteiger partial charge in [-0.2, -0.15) is 5.26 Å². The van der Waals surface area contributed by atoms with Crippen LogP contribution >= 0.6 is 11.3 Å². The van der Waals surface area contributed by atoms with Crippen LogP contribution in [-0.2, 0) is 0 Å². The van der Waals surface area contributed by atoms with E-state index in [4.69, 9.17) is 9.72 Å². The predicted octanol–water partition coefficient (Wildman–Crippen LogP) is 6.43. The summed E-state index contributed by atoms with van der Waals surface area (Å²) >= 11 is 1.48. The second-order valence-corrected chi connectivity index (χ2v) is 7.09. The molecule has 0 atom stereocenters. The quantitative estimate of drug-likeness (QED) is 0.374. The van der Waals surface area contributed by atoms with Crippen LogP contribution in [-0.4, -0.2) is 11.6 Å². The van der Waals surface area contributed by atoms with Gasteiger partial charge in [-0.25, -0.2) is 4.98 Å². The molecule has 1 heterocycles. The van der Waals surface area contributed by atoms with Crippen molar-refractivity contribution in [3.63, 3.8) is 0 Å². The van der Waals surface area contributed by atoms with Crippen LogP contribution in [0.25, 0.3) is 33.7 Å². The third-order valence-corrected chi connectivity index (χ3v) is 5.31. The van der Waals surface area contributed by atoms with Gasteiger partial charge in [0.2, 0.25) is 0 Å². The van der Waals surface area contributed by atoms with Crippen LogP contribution in [0.5, 0.6) is 5.75 Å². The molecule has 3 nitrogen and oxygen atoms in total. The van der Waals surface area contributed by atoms with Gasteiger partial charge in [0.15, 0.2) is 0 Å². The summed E-state index contributed by atoms with van der Waals surface area (Å²) < 4.78 is 5.49. The molecule has 0 saturated heterocycles. The Morgan fingerprint density at radius 3 is 2.64 bits per heavy atom. The van der Waals surface area contributed by atoms with E-state index in [-0.39, 0.29) is 0 Å². The zero-order chi connectivity index (χ0) is 19.3. The lowest BCUT2D eigenvalue weighted by molar-refractivity contribution is 0.340. The molecule has 0 N–H and O–H groups in total. The maximum Gasteiger partial charge on any atom is 0.134 e. The van der Waals surface area contributed by atoms with Crippen molar-refractivity contribution in [2.24, 2.45) is 0 Å². The number of benzene rings is 3. The Morgan fingerprint density at radius 1 is 1.07 bits per heavy atom. The minimum atomic E-state index is 0.568. The Hall–Kier alpha value is -3.42. The molecule has 0 unspecified atom stereocenters. The van der Waals surface area contributed by atoms with Crippen LogP contribution in [0.15, 0.2) is 72.1 Å². The summed E-state index contributed by atoms with van der Waals surface area (Å²) in [5.74, 6) is 0.843. The van der Waals surface area contributed by atoms with E-state index in [2.05, 4.69) is 24.3 Å². The molecule has 0 amide bonds. The molecule has 4 heteroatoms. The molecular formula is C24H18N2OS. The van der Waals surface area contributed by atoms with Gasteiger partial charge in [0.1, 0.15) is 16.8 Å². The minimum Gasteiger partial charge on any atom is -0.494 e. The average Bonchev–Trinajstić information content (AvgIpc) is 3.23. The third-order valence-electron chi connectivity index (χ3n) is 4.44. The summed E-state index contributed by atoms with van der Waals surface area (Å²) in [5.41, 5.74) is 3.46. The van der Waals surface area contributed by atoms with Gasteiger partial charge in [-0.05, 0) is 53.6 Å². The van der Waals surface area contributed by atoms with Crippen LogP contribution in [0.3, 0.4) is 0 Å². The first-order valence-electron chi connectivity index (χ1n) is 9.07. The van der Waals surface area contributed by atoms with Gasteiger partial charge in [0, 0.05) is 10.9 Å². The van der Waals surface area contributed by atoms with E-state index >= 15 is 0 Å². The lowest BCUT2D eigenvalue weighted by atomic mass is 10.0. The Kier molecular flexibility index (Phi) is 5.18. The molecular weight excluding hydrogens is 364 g/mol. The summed E-state index contributed by atoms with van der Waals surface area (Å²) in [7, 11) is 0. The van der Waals surface area contributed by atoms with Gasteiger partial charge >= 0.3 is 0 Å². The van der Waals surface area contributed by atoms with Gasteiger partial charge in [-0.1, -0.05) is 42.5 Å². The molecule has 0 aliphatic rings. The van der Waals surface area contributed by atoms with Crippen LogP contribution < -0.4 is 4.74 Å². The third kappa shape index (κ3) is 3.66. The number of nitriles is 1. The van der Waals surface area contributed by atoms with E-state index in [1.165, 1.54) is 11.3 Å². The largest absolute Gasteiger partial charge is 0.494 e. The molecule has 28 heavy (non-hydrogen) atoms. The lowest BCUT2D eigenvalue weighted by Crippen LogP contribution is -1.90. The van der Waals surface area contributed by atoms with E-state index in [1.54, 1.807) is 0 Å². The number of aromatic nitrogens is 1. The number of allylic oxidation sites excluding steroid dienone is 1. The standard InChI is InChI=1S/C24H18N2OS/c1-2-27-21-12-10-18(11-13-21)23-16-28-24(26-23)20(15-25)14-19-8-5-7-17-6-3-4-9-22(17)19/h3-14,16H,2H2,1H3/b20-14+. The number of ether oxygens (including phenoxy) is 1. The number of fused-ring (bicyclic) bond motifs is 1. The Morgan fingerprint density at radius 2 is 1.86 bits per heavy atom. The molecule has 1 aromatic heterocycles. The van der Waals surface area contributed by atoms with Crippen LogP contribution in [0.1, 0.15) is 17.5 Å². The van der Waals surface area contributed by atoms with E-state index in [1.807, 2.05) is 66.9 Å². The van der Waals surface area contributed by atoms with Crippen molar-refractivity contribution in [2.45, 2.75) is 6.92 Å². The number of hydrogen-bond acceptors (Lipinski definition) is 4. The molecule has 0 radical (unpaired) electrons. The second-order valence-electron chi connectivity index (χ2n) is 6.23. The first-order chi connectivity index (χ1) is 13.8. The highest BCUT2D eigenvalue weighted by Gasteiger charge is 2.10. The van der Waals surface area contributed by atoms with Gasteiger partial charge < -0.3 is 4.74 Å². The molecule has 0 fully saturated rings. The number of hydrogen-bond donors (Lipinski definition) is 0. The summed E-state index contributed by atoms with van der Waals surface area (Å²) in [6.45, 7) is 2.61. The van der Waals surface area contributed by atoms with Gasteiger partial charge in [-0.15, -0.1) is 11.3 Å². The van der Waals surface area contributed by atoms with Crippen molar-refractivity contribution in [1.82, 2.24) is 4.98 Å². The van der Waals surface area contributed by atoms with Crippen molar-refractivity contribution in [2.75, 3.05) is 6.61 Å². The lowest BCUT2D eigenvalue weighted by Gasteiger charge is -2.03. The van der Waals surface area contributed by atoms with Crippen molar-refractivity contribution < 1.29 is 4.74 Å². The highest BCUT2D eigenvalue weighted by Crippen LogP contribution is 2.29. The highest BCUT2D eigenvalue weighted by atomic mass is 32.1. The molecule has 4 aromatic rings. The Labute approximate surface area is 168 Å². The van der Waals surface area contributed by atoms with Gasteiger partial charge in [0.05, 0.1) is 17.9 Å². The van der Waals surface area contributed by atoms with E-state index in [0.717, 1.165) is 38.4 Å². The van der Waals surface area contributed by atoms with E-state index < -0.39 is 0 Å². The van der Waals surface area contributed by atoms with Crippen molar-refractivity contribution in [3.8, 4) is 23.1 Å². The Balaban J connectivity index is 1.68. The first kappa shape index (κ1) is 18.0. The predicted molar refractivity (Wildman–Crippen MR) is 116 cm³/mol. The van der Waals surface area contributed by atoms with Crippen molar-refractivity contribution >= 4 is 33.8 Å². The normalized spacial score (nSPS) is 11.4. The summed E-state index contributed by atoms with van der Waals surface area (Å²) in [6.07, 6.45) is 1.92. The van der Waals surface area contributed by atoms with E-state index in [9.17, 15) is 5.26 Å². The highest BCUT2D eigenvalue weighted by molar-refractivity contribution is 7.11. The molecule has 136 valence electrons. The number of nitrogens with zero attached hydrogens (tertiary/aromatic N) is 2. The van der Waals surface area contributed by atoms with Gasteiger partial charge in [0.25, 0.3) is 0 Å². The van der Waals surface area contributed by atoms with E-state index in [0.29, 0.717) is 12.2 Å². The zero-order valence-corrected chi connectivity index (χ0v) is 16.2. The summed E-state index contributed by atoms with van der Waals surface area (Å²) in [6, 6.07) is 24.5. The SMILES string of the molecule is CCOc1ccc(-c2csc(/C(C#N)=C/c3cccc4ccccc34)n2)cc1. The second kappa shape index (κ2) is 8.08. The first-order valence-corrected chi connectivity index (χ1v) is 9.95. The molecule has 4 rings (SSSR count). The van der Waals surface area contributed by atoms with Crippen LogP contribution in [0, 0.1) is 11.3 Å². The molecule has 0 bridgehead atoms. The number of thiazole rings is 1. The molecule has 0 aliphatic carbocycles. The monoisotopic (exact) mass is 382 g/mol. The summed E-state index contributed by atoms with van der Waals surface area (Å²) in [4.78, 5) is 4.69. The minimum absolute atomic E-state index is 0.568. The summed E-state index contributed by atoms with van der Waals surface area (Å²) in [5, 5.41) is 14.7. The fourth-order valence-corrected chi connectivity index (χ4v) is 3.89. The average molecular weight is 382 g/mol. The molecule has 0 saturated carbocycles. The smallest absolute Gasteiger partial charge is 0.134 e. The number of rotatable bonds is 5. The molecule has 0 aliphatic heterocycles. The maximum absolute atomic E-state index is 9.72.